The van der Waals surface area contributed by atoms with Crippen LogP contribution in [-0.4, -0.2) is 61.5 Å². The van der Waals surface area contributed by atoms with Crippen LogP contribution in [0.1, 0.15) is 59.8 Å². The van der Waals surface area contributed by atoms with Crippen LogP contribution in [0.4, 0.5) is 4.79 Å². The Morgan fingerprint density at radius 3 is 2.17 bits per heavy atom. The van der Waals surface area contributed by atoms with E-state index in [1.54, 1.807) is 4.90 Å². The molecule has 0 unspecified atom stereocenters. The molecule has 136 valence electrons. The molecule has 5 nitrogen and oxygen atoms in total. The summed E-state index contributed by atoms with van der Waals surface area (Å²) in [5.74, 6) is 0.848. The van der Waals surface area contributed by atoms with E-state index in [1.165, 1.54) is 32.1 Å². The van der Waals surface area contributed by atoms with Crippen molar-refractivity contribution in [3.63, 3.8) is 0 Å². The third-order valence-electron chi connectivity index (χ3n) is 4.08. The molecule has 0 N–H and O–H groups in total. The van der Waals surface area contributed by atoms with Gasteiger partial charge in [0, 0.05) is 26.2 Å². The molecule has 0 atom stereocenters. The van der Waals surface area contributed by atoms with Gasteiger partial charge in [-0.05, 0) is 53.5 Å². The van der Waals surface area contributed by atoms with Crippen molar-refractivity contribution in [2.45, 2.75) is 65.4 Å². The molecule has 0 aromatic carbocycles. The topological polar surface area (TPSA) is 49.9 Å². The fraction of sp³-hybridized carbons (Fsp3) is 0.889. The smallest absolute Gasteiger partial charge is 0.410 e. The van der Waals surface area contributed by atoms with Crippen molar-refractivity contribution >= 4 is 12.9 Å². The Hall–Kier alpha value is -1.10. The first-order valence-corrected chi connectivity index (χ1v) is 8.77. The second-order valence-electron chi connectivity index (χ2n) is 7.33. The molecule has 1 aliphatic rings. The van der Waals surface area contributed by atoms with Crippen LogP contribution in [0.3, 0.4) is 0 Å². The lowest BCUT2D eigenvalue weighted by Gasteiger charge is -2.30. The predicted molar refractivity (Wildman–Crippen MR) is 94.7 cm³/mol. The van der Waals surface area contributed by atoms with E-state index in [-0.39, 0.29) is 6.09 Å². The van der Waals surface area contributed by atoms with Crippen LogP contribution in [0, 0.1) is 5.92 Å². The van der Waals surface area contributed by atoms with Gasteiger partial charge < -0.3 is 19.3 Å². The van der Waals surface area contributed by atoms with Crippen LogP contribution in [0.2, 0.25) is 0 Å². The summed E-state index contributed by atoms with van der Waals surface area (Å²) in [6.07, 6.45) is 6.72. The largest absolute Gasteiger partial charge is 0.444 e. The van der Waals surface area contributed by atoms with E-state index in [0.29, 0.717) is 6.54 Å². The molecule has 1 fully saturated rings. The number of hydrogen-bond donors (Lipinski definition) is 0. The monoisotopic (exact) mass is 328 g/mol. The summed E-state index contributed by atoms with van der Waals surface area (Å²) in [5, 5.41) is 0. The summed E-state index contributed by atoms with van der Waals surface area (Å²) in [5.41, 5.74) is -0.418. The minimum absolute atomic E-state index is 0.198. The Morgan fingerprint density at radius 2 is 1.70 bits per heavy atom. The normalized spacial score (nSPS) is 15.7. The number of nitrogens with zero attached hydrogens (tertiary/aromatic N) is 2. The molecule has 23 heavy (non-hydrogen) atoms. The van der Waals surface area contributed by atoms with Gasteiger partial charge in [0.1, 0.15) is 12.4 Å². The average Bonchev–Trinajstić information content (AvgIpc) is 2.49. The van der Waals surface area contributed by atoms with Gasteiger partial charge in [-0.2, -0.15) is 0 Å². The second kappa shape index (κ2) is 11.4. The number of likely N-dealkylation sites (N-methyl/N-ethyl adjacent to an activating group) is 2. The fourth-order valence-corrected chi connectivity index (χ4v) is 2.90. The molecule has 1 saturated carbocycles. The Balaban J connectivity index is 0.00000232. The summed E-state index contributed by atoms with van der Waals surface area (Å²) in [4.78, 5) is 24.2. The van der Waals surface area contributed by atoms with Crippen molar-refractivity contribution in [2.24, 2.45) is 5.92 Å². The van der Waals surface area contributed by atoms with Gasteiger partial charge in [-0.15, -0.1) is 0 Å². The molecular weight excluding hydrogens is 292 g/mol. The summed E-state index contributed by atoms with van der Waals surface area (Å²) >= 11 is 0. The number of amides is 1. The van der Waals surface area contributed by atoms with E-state index in [1.807, 2.05) is 34.5 Å². The third kappa shape index (κ3) is 10.3. The molecule has 0 aromatic heterocycles. The van der Waals surface area contributed by atoms with Crippen LogP contribution in [0.5, 0.6) is 0 Å². The van der Waals surface area contributed by atoms with Crippen molar-refractivity contribution in [1.82, 2.24) is 9.80 Å². The van der Waals surface area contributed by atoms with E-state index < -0.39 is 5.60 Å². The first-order valence-electron chi connectivity index (χ1n) is 8.77. The zero-order chi connectivity index (χ0) is 17.9. The average molecular weight is 328 g/mol. The van der Waals surface area contributed by atoms with E-state index in [9.17, 15) is 4.79 Å². The Labute approximate surface area is 142 Å². The number of ether oxygens (including phenoxy) is 1. The van der Waals surface area contributed by atoms with Gasteiger partial charge in [0.15, 0.2) is 0 Å². The van der Waals surface area contributed by atoms with Gasteiger partial charge in [-0.1, -0.05) is 19.3 Å². The molecule has 0 aliphatic heterocycles. The summed E-state index contributed by atoms with van der Waals surface area (Å²) in [6, 6.07) is 0. The summed E-state index contributed by atoms with van der Waals surface area (Å²) < 4.78 is 5.44. The zero-order valence-corrected chi connectivity index (χ0v) is 15.8. The molecule has 1 amide bonds. The highest BCUT2D eigenvalue weighted by Crippen LogP contribution is 2.24. The van der Waals surface area contributed by atoms with Crippen LogP contribution in [-0.2, 0) is 9.53 Å². The second-order valence-corrected chi connectivity index (χ2v) is 7.33. The number of carbonyl (C=O) groups is 2. The van der Waals surface area contributed by atoms with Crippen molar-refractivity contribution in [3.8, 4) is 0 Å². The minimum Gasteiger partial charge on any atom is -0.444 e. The van der Waals surface area contributed by atoms with Gasteiger partial charge in [-0.25, -0.2) is 4.79 Å². The van der Waals surface area contributed by atoms with Crippen LogP contribution < -0.4 is 0 Å². The highest BCUT2D eigenvalue weighted by atomic mass is 16.6. The third-order valence-corrected chi connectivity index (χ3v) is 4.08. The maximum absolute atomic E-state index is 12.1. The van der Waals surface area contributed by atoms with Crippen molar-refractivity contribution < 1.29 is 14.3 Å². The number of hydrogen-bond acceptors (Lipinski definition) is 4. The molecule has 0 bridgehead atoms. The highest BCUT2D eigenvalue weighted by molar-refractivity contribution is 5.68. The first-order chi connectivity index (χ1) is 10.8. The molecular formula is C18H36N2O3. The van der Waals surface area contributed by atoms with Crippen molar-refractivity contribution in [1.29, 1.82) is 0 Å². The van der Waals surface area contributed by atoms with Gasteiger partial charge >= 0.3 is 6.09 Å². The molecule has 1 rings (SSSR count). The maximum atomic E-state index is 12.1. The Bertz CT molecular complexity index is 323. The van der Waals surface area contributed by atoms with E-state index in [4.69, 9.17) is 9.53 Å². The molecule has 5 heteroatoms. The molecule has 0 saturated heterocycles. The predicted octanol–water partition coefficient (Wildman–Crippen LogP) is 3.57. The molecule has 0 spiro atoms. The SMILES string of the molecule is C=O.CCN(CCN(C)CC1CCCCC1)C(=O)OC(C)(C)C. The lowest BCUT2D eigenvalue weighted by Crippen LogP contribution is -2.41. The van der Waals surface area contributed by atoms with Crippen LogP contribution in [0.25, 0.3) is 0 Å². The first kappa shape index (κ1) is 21.9. The Kier molecular flexibility index (Phi) is 10.9. The maximum Gasteiger partial charge on any atom is 0.410 e. The van der Waals surface area contributed by atoms with Gasteiger partial charge in [0.2, 0.25) is 0 Å². The van der Waals surface area contributed by atoms with Gasteiger partial charge in [0.25, 0.3) is 0 Å². The quantitative estimate of drug-likeness (QED) is 0.748. The fourth-order valence-electron chi connectivity index (χ4n) is 2.90. The highest BCUT2D eigenvalue weighted by Gasteiger charge is 2.21. The van der Waals surface area contributed by atoms with Gasteiger partial charge in [0.05, 0.1) is 0 Å². The van der Waals surface area contributed by atoms with Gasteiger partial charge in [-0.3, -0.25) is 0 Å². The lowest BCUT2D eigenvalue weighted by molar-refractivity contribution is -0.0980. The number of rotatable bonds is 6. The minimum atomic E-state index is -0.418. The van der Waals surface area contributed by atoms with Crippen molar-refractivity contribution in [3.05, 3.63) is 0 Å². The zero-order valence-electron chi connectivity index (χ0n) is 15.8. The molecule has 0 aromatic rings. The van der Waals surface area contributed by atoms with Crippen molar-refractivity contribution in [2.75, 3.05) is 33.2 Å². The van der Waals surface area contributed by atoms with Crippen LogP contribution in [0.15, 0.2) is 0 Å². The van der Waals surface area contributed by atoms with E-state index in [0.717, 1.165) is 25.6 Å². The lowest BCUT2D eigenvalue weighted by atomic mass is 9.89. The standard InChI is InChI=1S/C17H34N2O2.CH2O/c1-6-19(16(20)21-17(2,3)4)13-12-18(5)14-15-10-8-7-9-11-15;1-2/h15H,6-14H2,1-5H3;1H2. The number of carbonyl (C=O) groups excluding carboxylic acids is 2. The molecule has 0 radical (unpaired) electrons. The molecule has 0 heterocycles. The Morgan fingerprint density at radius 1 is 1.13 bits per heavy atom. The van der Waals surface area contributed by atoms with E-state index in [2.05, 4.69) is 11.9 Å². The molecule has 1 aliphatic carbocycles. The van der Waals surface area contributed by atoms with Crippen LogP contribution >= 0.6 is 0 Å². The summed E-state index contributed by atoms with van der Waals surface area (Å²) in [7, 11) is 2.16. The summed E-state index contributed by atoms with van der Waals surface area (Å²) in [6.45, 7) is 13.3. The van der Waals surface area contributed by atoms with E-state index >= 15 is 0 Å².